The molecule has 0 unspecified atom stereocenters. The van der Waals surface area contributed by atoms with Gasteiger partial charge in [0.2, 0.25) is 11.8 Å². The second kappa shape index (κ2) is 6.95. The second-order valence-electron chi connectivity index (χ2n) is 8.45. The highest BCUT2D eigenvalue weighted by Crippen LogP contribution is 2.41. The van der Waals surface area contributed by atoms with Crippen LogP contribution in [-0.2, 0) is 22.4 Å². The van der Waals surface area contributed by atoms with E-state index in [0.717, 1.165) is 55.9 Å². The highest BCUT2D eigenvalue weighted by atomic mass is 32.1. The number of anilines is 1. The number of nitrogens with one attached hydrogen (secondary N) is 1. The van der Waals surface area contributed by atoms with Gasteiger partial charge >= 0.3 is 0 Å². The van der Waals surface area contributed by atoms with Gasteiger partial charge in [-0.2, -0.15) is 0 Å². The van der Waals surface area contributed by atoms with Gasteiger partial charge in [0.25, 0.3) is 0 Å². The molecule has 2 fully saturated rings. The van der Waals surface area contributed by atoms with E-state index >= 15 is 0 Å². The summed E-state index contributed by atoms with van der Waals surface area (Å²) in [5.74, 6) is 1.95. The minimum atomic E-state index is 0.116. The fourth-order valence-electron chi connectivity index (χ4n) is 4.16. The maximum atomic E-state index is 12.8. The molecule has 5 atom stereocenters. The third-order valence-electron chi connectivity index (χ3n) is 6.21. The zero-order chi connectivity index (χ0) is 18.4. The van der Waals surface area contributed by atoms with Gasteiger partial charge < -0.3 is 10.2 Å². The minimum Gasteiger partial charge on any atom is -0.339 e. The van der Waals surface area contributed by atoms with Gasteiger partial charge in [0.15, 0.2) is 5.13 Å². The number of carbonyl (C=O) groups excluding carboxylic acids is 2. The maximum absolute atomic E-state index is 12.8. The molecule has 0 radical (unpaired) electrons. The van der Waals surface area contributed by atoms with Crippen LogP contribution in [0.5, 0.6) is 0 Å². The van der Waals surface area contributed by atoms with Crippen molar-refractivity contribution in [2.24, 2.45) is 23.7 Å². The molecule has 0 spiro atoms. The molecule has 3 aliphatic rings. The molecule has 2 saturated carbocycles. The Balaban J connectivity index is 1.43. The molecule has 0 bridgehead atoms. The molecule has 4 rings (SSSR count). The summed E-state index contributed by atoms with van der Waals surface area (Å²) in [6.45, 7) is 7.28. The zero-order valence-electron chi connectivity index (χ0n) is 16.0. The number of thiazole rings is 1. The second-order valence-corrected chi connectivity index (χ2v) is 9.53. The van der Waals surface area contributed by atoms with Gasteiger partial charge in [-0.15, -0.1) is 11.3 Å². The predicted molar refractivity (Wildman–Crippen MR) is 103 cm³/mol. The van der Waals surface area contributed by atoms with Gasteiger partial charge in [0.1, 0.15) is 0 Å². The molecular weight excluding hydrogens is 346 g/mol. The Bertz CT molecular complexity index is 716. The van der Waals surface area contributed by atoms with Gasteiger partial charge in [-0.05, 0) is 43.9 Å². The number of hydrogen-bond acceptors (Lipinski definition) is 4. The lowest BCUT2D eigenvalue weighted by Crippen LogP contribution is -2.44. The summed E-state index contributed by atoms with van der Waals surface area (Å²) in [6.07, 6.45) is 5.81. The molecule has 1 aromatic heterocycles. The number of amides is 2. The number of carbonyl (C=O) groups is 2. The number of fused-ring (bicyclic) bond motifs is 1. The van der Waals surface area contributed by atoms with Gasteiger partial charge in [-0.3, -0.25) is 9.59 Å². The largest absolute Gasteiger partial charge is 0.339 e. The molecule has 1 aromatic rings. The van der Waals surface area contributed by atoms with Crippen molar-refractivity contribution in [3.8, 4) is 0 Å². The van der Waals surface area contributed by atoms with Crippen molar-refractivity contribution >= 4 is 28.3 Å². The molecule has 0 aromatic carbocycles. The molecule has 0 aliphatic heterocycles. The van der Waals surface area contributed by atoms with Crippen LogP contribution in [0, 0.1) is 23.7 Å². The Morgan fingerprint density at radius 3 is 2.54 bits per heavy atom. The van der Waals surface area contributed by atoms with Crippen molar-refractivity contribution in [2.75, 3.05) is 11.9 Å². The van der Waals surface area contributed by atoms with E-state index in [1.54, 1.807) is 11.3 Å². The zero-order valence-corrected chi connectivity index (χ0v) is 16.8. The van der Waals surface area contributed by atoms with E-state index in [-0.39, 0.29) is 23.8 Å². The minimum absolute atomic E-state index is 0.116. The first-order valence-corrected chi connectivity index (χ1v) is 10.9. The number of hydrogen-bond donors (Lipinski definition) is 1. The van der Waals surface area contributed by atoms with Crippen molar-refractivity contribution < 1.29 is 9.59 Å². The van der Waals surface area contributed by atoms with Crippen LogP contribution in [0.2, 0.25) is 0 Å². The Morgan fingerprint density at radius 2 is 1.92 bits per heavy atom. The summed E-state index contributed by atoms with van der Waals surface area (Å²) in [7, 11) is 0. The lowest BCUT2D eigenvalue weighted by atomic mass is 9.95. The monoisotopic (exact) mass is 375 g/mol. The first-order chi connectivity index (χ1) is 12.5. The third-order valence-corrected chi connectivity index (χ3v) is 7.24. The molecule has 26 heavy (non-hydrogen) atoms. The van der Waals surface area contributed by atoms with Crippen molar-refractivity contribution in [3.63, 3.8) is 0 Å². The molecule has 3 aliphatic carbocycles. The van der Waals surface area contributed by atoms with Crippen molar-refractivity contribution in [2.45, 2.75) is 65.3 Å². The normalized spacial score (nSPS) is 31.9. The van der Waals surface area contributed by atoms with Crippen LogP contribution in [-0.4, -0.2) is 34.3 Å². The van der Waals surface area contributed by atoms with E-state index in [9.17, 15) is 9.59 Å². The highest BCUT2D eigenvalue weighted by Gasteiger charge is 2.43. The van der Waals surface area contributed by atoms with Crippen molar-refractivity contribution in [1.29, 1.82) is 0 Å². The Kier molecular flexibility index (Phi) is 4.80. The molecule has 6 heteroatoms. The fourth-order valence-corrected chi connectivity index (χ4v) is 5.24. The Morgan fingerprint density at radius 1 is 1.23 bits per heavy atom. The first-order valence-electron chi connectivity index (χ1n) is 10.1. The van der Waals surface area contributed by atoms with Gasteiger partial charge in [-0.25, -0.2) is 4.98 Å². The molecule has 5 nitrogen and oxygen atoms in total. The van der Waals surface area contributed by atoms with Crippen molar-refractivity contribution in [3.05, 3.63) is 10.6 Å². The maximum Gasteiger partial charge on any atom is 0.229 e. The van der Waals surface area contributed by atoms with E-state index in [1.807, 2.05) is 0 Å². The van der Waals surface area contributed by atoms with Crippen LogP contribution in [0.15, 0.2) is 0 Å². The van der Waals surface area contributed by atoms with Crippen LogP contribution in [0.4, 0.5) is 5.13 Å². The molecular formula is C20H29N3O2S. The Hall–Kier alpha value is -1.43. The van der Waals surface area contributed by atoms with Crippen molar-refractivity contribution in [1.82, 2.24) is 9.88 Å². The quantitative estimate of drug-likeness (QED) is 0.828. The topological polar surface area (TPSA) is 62.3 Å². The summed E-state index contributed by atoms with van der Waals surface area (Å²) < 4.78 is 0. The lowest BCUT2D eigenvalue weighted by Gasteiger charge is -2.34. The van der Waals surface area contributed by atoms with Crippen LogP contribution in [0.1, 0.15) is 57.0 Å². The fraction of sp³-hybridized carbons (Fsp3) is 0.750. The summed E-state index contributed by atoms with van der Waals surface area (Å²) >= 11 is 1.60. The van der Waals surface area contributed by atoms with Crippen LogP contribution < -0.4 is 5.32 Å². The van der Waals surface area contributed by atoms with E-state index in [1.165, 1.54) is 4.88 Å². The lowest BCUT2D eigenvalue weighted by molar-refractivity contribution is -0.135. The summed E-state index contributed by atoms with van der Waals surface area (Å²) in [5, 5.41) is 3.75. The molecule has 1 heterocycles. The standard InChI is InChI=1S/C20H29N3O2S/c1-4-7-23(19(25)15-9-12(15)3)13-5-6-16-17(10-13)26-20(21-16)22-18(24)14-8-11(14)2/h11-15H,4-10H2,1-3H3,(H,21,22,24)/t11-,12+,13-,14-,15-/m1/s1. The average Bonchev–Trinajstić information content (AvgIpc) is 3.48. The van der Waals surface area contributed by atoms with Gasteiger partial charge in [0, 0.05) is 35.7 Å². The van der Waals surface area contributed by atoms with E-state index in [4.69, 9.17) is 0 Å². The molecule has 2 amide bonds. The predicted octanol–water partition coefficient (Wildman–Crippen LogP) is 3.49. The van der Waals surface area contributed by atoms with Gasteiger partial charge in [0.05, 0.1) is 5.69 Å². The van der Waals surface area contributed by atoms with Gasteiger partial charge in [-0.1, -0.05) is 20.8 Å². The first kappa shape index (κ1) is 18.0. The number of nitrogens with zero attached hydrogens (tertiary/aromatic N) is 2. The van der Waals surface area contributed by atoms with Crippen LogP contribution in [0.25, 0.3) is 0 Å². The molecule has 1 N–H and O–H groups in total. The van der Waals surface area contributed by atoms with E-state index in [0.29, 0.717) is 17.7 Å². The number of aromatic nitrogens is 1. The number of rotatable bonds is 6. The number of aryl methyl sites for hydroxylation is 1. The smallest absolute Gasteiger partial charge is 0.229 e. The van der Waals surface area contributed by atoms with E-state index < -0.39 is 0 Å². The molecule has 0 saturated heterocycles. The third kappa shape index (κ3) is 3.53. The highest BCUT2D eigenvalue weighted by molar-refractivity contribution is 7.15. The SMILES string of the molecule is CCCN(C(=O)[C@@H]1C[C@@H]1C)[C@@H]1CCc2nc(NC(=O)[C@@H]3C[C@H]3C)sc2C1. The van der Waals surface area contributed by atoms with Crippen LogP contribution >= 0.6 is 11.3 Å². The summed E-state index contributed by atoms with van der Waals surface area (Å²) in [5.41, 5.74) is 1.12. The average molecular weight is 376 g/mol. The summed E-state index contributed by atoms with van der Waals surface area (Å²) in [6, 6.07) is 0.287. The molecule has 142 valence electrons. The van der Waals surface area contributed by atoms with Crippen LogP contribution in [0.3, 0.4) is 0 Å². The van der Waals surface area contributed by atoms with E-state index in [2.05, 4.69) is 36.0 Å². The Labute approximate surface area is 159 Å². The summed E-state index contributed by atoms with van der Waals surface area (Å²) in [4.78, 5) is 33.0.